The summed E-state index contributed by atoms with van der Waals surface area (Å²) in [7, 11) is 1.82. The Morgan fingerprint density at radius 2 is 2.04 bits per heavy atom. The molecule has 1 aliphatic heterocycles. The van der Waals surface area contributed by atoms with Crippen molar-refractivity contribution in [3.05, 3.63) is 51.7 Å². The SMILES string of the molecule is CN=C(NCc1ccc(C)s1)NC(C)c1cccc(N2CCCC2)c1. The summed E-state index contributed by atoms with van der Waals surface area (Å²) in [6.45, 7) is 7.48. The maximum atomic E-state index is 4.36. The van der Waals surface area contributed by atoms with Gasteiger partial charge in [-0.2, -0.15) is 0 Å². The van der Waals surface area contributed by atoms with E-state index in [2.05, 4.69) is 70.8 Å². The van der Waals surface area contributed by atoms with Crippen LogP contribution in [0.3, 0.4) is 0 Å². The fourth-order valence-electron chi connectivity index (χ4n) is 3.20. The van der Waals surface area contributed by atoms with E-state index in [9.17, 15) is 0 Å². The summed E-state index contributed by atoms with van der Waals surface area (Å²) in [5.74, 6) is 0.838. The lowest BCUT2D eigenvalue weighted by Gasteiger charge is -2.22. The fourth-order valence-corrected chi connectivity index (χ4v) is 4.03. The van der Waals surface area contributed by atoms with Crippen LogP contribution in [0, 0.1) is 6.92 Å². The standard InChI is InChI=1S/C20H28N4S/c1-15-9-10-19(25-15)14-22-20(21-3)23-16(2)17-7-6-8-18(13-17)24-11-4-5-12-24/h6-10,13,16H,4-5,11-12,14H2,1-3H3,(H2,21,22,23). The van der Waals surface area contributed by atoms with Gasteiger partial charge in [0.1, 0.15) is 0 Å². The number of thiophene rings is 1. The Kier molecular flexibility index (Phi) is 5.97. The molecular weight excluding hydrogens is 328 g/mol. The van der Waals surface area contributed by atoms with Crippen molar-refractivity contribution in [2.24, 2.45) is 4.99 Å². The molecule has 0 aliphatic carbocycles. The van der Waals surface area contributed by atoms with Crippen molar-refractivity contribution >= 4 is 23.0 Å². The second-order valence-corrected chi connectivity index (χ2v) is 7.97. The summed E-state index contributed by atoms with van der Waals surface area (Å²) in [4.78, 5) is 9.50. The van der Waals surface area contributed by atoms with Gasteiger partial charge in [0, 0.05) is 35.6 Å². The molecule has 2 aromatic rings. The van der Waals surface area contributed by atoms with E-state index in [1.807, 2.05) is 18.4 Å². The first kappa shape index (κ1) is 17.8. The third-order valence-corrected chi connectivity index (χ3v) is 5.65. The molecule has 2 N–H and O–H groups in total. The van der Waals surface area contributed by atoms with E-state index in [1.54, 1.807) is 0 Å². The van der Waals surface area contributed by atoms with Crippen LogP contribution in [0.4, 0.5) is 5.69 Å². The lowest BCUT2D eigenvalue weighted by atomic mass is 10.1. The van der Waals surface area contributed by atoms with Crippen LogP contribution in [-0.2, 0) is 6.54 Å². The van der Waals surface area contributed by atoms with Crippen molar-refractivity contribution in [3.8, 4) is 0 Å². The van der Waals surface area contributed by atoms with Crippen LogP contribution in [0.1, 0.15) is 41.1 Å². The smallest absolute Gasteiger partial charge is 0.191 e. The van der Waals surface area contributed by atoms with Gasteiger partial charge < -0.3 is 15.5 Å². The summed E-state index contributed by atoms with van der Waals surface area (Å²) in [5, 5.41) is 6.91. The minimum atomic E-state index is 0.207. The zero-order valence-electron chi connectivity index (χ0n) is 15.4. The molecule has 0 bridgehead atoms. The molecule has 3 rings (SSSR count). The molecule has 25 heavy (non-hydrogen) atoms. The molecule has 1 aliphatic rings. The zero-order valence-corrected chi connectivity index (χ0v) is 16.2. The van der Waals surface area contributed by atoms with Gasteiger partial charge in [0.15, 0.2) is 5.96 Å². The fraction of sp³-hybridized carbons (Fsp3) is 0.450. The summed E-state index contributed by atoms with van der Waals surface area (Å²) in [6, 6.07) is 13.4. The first-order valence-corrected chi connectivity index (χ1v) is 9.85. The Balaban J connectivity index is 1.59. The Bertz CT molecular complexity index is 716. The number of aliphatic imine (C=N–C) groups is 1. The summed E-state index contributed by atoms with van der Waals surface area (Å²) in [6.07, 6.45) is 2.60. The van der Waals surface area contributed by atoms with Crippen molar-refractivity contribution in [1.82, 2.24) is 10.6 Å². The Hall–Kier alpha value is -2.01. The molecular formula is C20H28N4S. The molecule has 5 heteroatoms. The highest BCUT2D eigenvalue weighted by molar-refractivity contribution is 7.11. The number of benzene rings is 1. The second kappa shape index (κ2) is 8.39. The van der Waals surface area contributed by atoms with Gasteiger partial charge in [0.2, 0.25) is 0 Å². The van der Waals surface area contributed by atoms with Crippen LogP contribution in [0.25, 0.3) is 0 Å². The van der Waals surface area contributed by atoms with Crippen LogP contribution in [0.15, 0.2) is 41.4 Å². The minimum absolute atomic E-state index is 0.207. The molecule has 0 amide bonds. The third kappa shape index (κ3) is 4.75. The number of rotatable bonds is 5. The highest BCUT2D eigenvalue weighted by atomic mass is 32.1. The third-order valence-electron chi connectivity index (χ3n) is 4.64. The predicted octanol–water partition coefficient (Wildman–Crippen LogP) is 4.08. The van der Waals surface area contributed by atoms with Gasteiger partial charge in [-0.3, -0.25) is 4.99 Å². The second-order valence-electron chi connectivity index (χ2n) is 6.59. The largest absolute Gasteiger partial charge is 0.372 e. The zero-order chi connectivity index (χ0) is 17.6. The number of guanidine groups is 1. The molecule has 1 aromatic heterocycles. The lowest BCUT2D eigenvalue weighted by molar-refractivity contribution is 0.686. The van der Waals surface area contributed by atoms with E-state index in [-0.39, 0.29) is 6.04 Å². The average molecular weight is 357 g/mol. The van der Waals surface area contributed by atoms with E-state index < -0.39 is 0 Å². The van der Waals surface area contributed by atoms with Gasteiger partial charge in [0.25, 0.3) is 0 Å². The molecule has 2 heterocycles. The number of nitrogens with zero attached hydrogens (tertiary/aromatic N) is 2. The van der Waals surface area contributed by atoms with Gasteiger partial charge in [-0.15, -0.1) is 11.3 Å². The average Bonchev–Trinajstić information content (AvgIpc) is 3.30. The number of anilines is 1. The van der Waals surface area contributed by atoms with E-state index in [0.717, 1.165) is 12.5 Å². The molecule has 1 aromatic carbocycles. The maximum Gasteiger partial charge on any atom is 0.191 e. The van der Waals surface area contributed by atoms with E-state index in [0.29, 0.717) is 0 Å². The van der Waals surface area contributed by atoms with Crippen molar-refractivity contribution in [1.29, 1.82) is 0 Å². The number of nitrogens with one attached hydrogen (secondary N) is 2. The molecule has 0 radical (unpaired) electrons. The summed E-state index contributed by atoms with van der Waals surface area (Å²) >= 11 is 1.82. The number of hydrogen-bond acceptors (Lipinski definition) is 3. The van der Waals surface area contributed by atoms with Gasteiger partial charge in [-0.1, -0.05) is 12.1 Å². The summed E-state index contributed by atoms with van der Waals surface area (Å²) < 4.78 is 0. The quantitative estimate of drug-likeness (QED) is 0.626. The Labute approximate surface area is 155 Å². The maximum absolute atomic E-state index is 4.36. The van der Waals surface area contributed by atoms with E-state index in [4.69, 9.17) is 0 Å². The van der Waals surface area contributed by atoms with Gasteiger partial charge in [-0.25, -0.2) is 0 Å². The molecule has 1 atom stereocenters. The van der Waals surface area contributed by atoms with Crippen molar-refractivity contribution in [3.63, 3.8) is 0 Å². The summed E-state index contributed by atoms with van der Waals surface area (Å²) in [5.41, 5.74) is 2.62. The van der Waals surface area contributed by atoms with Crippen LogP contribution in [0.2, 0.25) is 0 Å². The van der Waals surface area contributed by atoms with Gasteiger partial charge in [-0.05, 0) is 56.5 Å². The van der Waals surface area contributed by atoms with E-state index >= 15 is 0 Å². The topological polar surface area (TPSA) is 39.7 Å². The predicted molar refractivity (Wildman–Crippen MR) is 109 cm³/mol. The normalized spacial score (nSPS) is 16.1. The van der Waals surface area contributed by atoms with Gasteiger partial charge in [0.05, 0.1) is 12.6 Å². The molecule has 1 fully saturated rings. The van der Waals surface area contributed by atoms with Crippen LogP contribution in [0.5, 0.6) is 0 Å². The molecule has 1 unspecified atom stereocenters. The highest BCUT2D eigenvalue weighted by Gasteiger charge is 2.14. The number of hydrogen-bond donors (Lipinski definition) is 2. The lowest BCUT2D eigenvalue weighted by Crippen LogP contribution is -2.38. The van der Waals surface area contributed by atoms with Crippen molar-refractivity contribution < 1.29 is 0 Å². The van der Waals surface area contributed by atoms with E-state index in [1.165, 1.54) is 46.9 Å². The first-order chi connectivity index (χ1) is 12.2. The van der Waals surface area contributed by atoms with Crippen LogP contribution < -0.4 is 15.5 Å². The molecule has 0 spiro atoms. The van der Waals surface area contributed by atoms with Crippen molar-refractivity contribution in [2.75, 3.05) is 25.0 Å². The Morgan fingerprint density at radius 1 is 1.24 bits per heavy atom. The van der Waals surface area contributed by atoms with Gasteiger partial charge >= 0.3 is 0 Å². The first-order valence-electron chi connectivity index (χ1n) is 9.03. The molecule has 1 saturated heterocycles. The Morgan fingerprint density at radius 3 is 2.72 bits per heavy atom. The van der Waals surface area contributed by atoms with Crippen molar-refractivity contribution in [2.45, 2.75) is 39.3 Å². The molecule has 0 saturated carbocycles. The molecule has 4 nitrogen and oxygen atoms in total. The van der Waals surface area contributed by atoms with Crippen LogP contribution in [-0.4, -0.2) is 26.1 Å². The number of aryl methyl sites for hydroxylation is 1. The highest BCUT2D eigenvalue weighted by Crippen LogP contribution is 2.24. The minimum Gasteiger partial charge on any atom is -0.372 e. The van der Waals surface area contributed by atoms with Crippen LogP contribution >= 0.6 is 11.3 Å². The monoisotopic (exact) mass is 356 g/mol. The molecule has 134 valence electrons.